The lowest BCUT2D eigenvalue weighted by molar-refractivity contribution is -0.144. The Labute approximate surface area is 58.7 Å². The van der Waals surface area contributed by atoms with E-state index in [0.29, 0.717) is 6.21 Å². The zero-order chi connectivity index (χ0) is 7.98. The first-order chi connectivity index (χ1) is 4.70. The smallest absolute Gasteiger partial charge is 0.313 e. The van der Waals surface area contributed by atoms with E-state index in [-0.39, 0.29) is 13.0 Å². The first-order valence-corrected chi connectivity index (χ1v) is 2.89. The number of carbonyl (C=O) groups is 2. The van der Waals surface area contributed by atoms with Crippen molar-refractivity contribution >= 4 is 18.0 Å². The molecule has 4 heteroatoms. The summed E-state index contributed by atoms with van der Waals surface area (Å²) >= 11 is 0. The van der Waals surface area contributed by atoms with Crippen LogP contribution in [-0.2, 0) is 14.3 Å². The maximum absolute atomic E-state index is 10.5. The van der Waals surface area contributed by atoms with Gasteiger partial charge in [0, 0.05) is 0 Å². The third-order valence-electron chi connectivity index (χ3n) is 0.785. The fourth-order valence-corrected chi connectivity index (χ4v) is 0.405. The molecule has 0 aromatic heterocycles. The fraction of sp³-hybridized carbons (Fsp3) is 0.500. The van der Waals surface area contributed by atoms with Crippen molar-refractivity contribution < 1.29 is 14.3 Å². The van der Waals surface area contributed by atoms with Crippen LogP contribution in [0.4, 0.5) is 0 Å². The Morgan fingerprint density at radius 2 is 2.20 bits per heavy atom. The third kappa shape index (κ3) is 3.77. The summed E-state index contributed by atoms with van der Waals surface area (Å²) in [5, 5.41) is 6.45. The fourth-order valence-electron chi connectivity index (χ4n) is 0.405. The molecule has 0 aliphatic carbocycles. The Bertz CT molecular complexity index is 153. The SMILES string of the molecule is CCOC(=O)CC(=O)C=N. The first kappa shape index (κ1) is 8.81. The van der Waals surface area contributed by atoms with E-state index in [2.05, 4.69) is 4.74 Å². The van der Waals surface area contributed by atoms with Crippen LogP contribution in [0.3, 0.4) is 0 Å². The molecule has 0 heterocycles. The second-order valence-corrected chi connectivity index (χ2v) is 1.59. The average Bonchev–Trinajstić information content (AvgIpc) is 1.88. The van der Waals surface area contributed by atoms with Gasteiger partial charge in [-0.1, -0.05) is 0 Å². The standard InChI is InChI=1S/C6H9NO3/c1-2-10-6(9)3-5(8)4-7/h4,7H,2-3H2,1H3. The molecule has 1 N–H and O–H groups in total. The third-order valence-corrected chi connectivity index (χ3v) is 0.785. The topological polar surface area (TPSA) is 67.2 Å². The highest BCUT2D eigenvalue weighted by molar-refractivity contribution is 6.30. The molecule has 56 valence electrons. The average molecular weight is 143 g/mol. The Kier molecular flexibility index (Phi) is 4.11. The first-order valence-electron chi connectivity index (χ1n) is 2.89. The van der Waals surface area contributed by atoms with Crippen LogP contribution >= 0.6 is 0 Å². The molecular weight excluding hydrogens is 134 g/mol. The van der Waals surface area contributed by atoms with Crippen LogP contribution in [0.15, 0.2) is 0 Å². The minimum atomic E-state index is -0.573. The van der Waals surface area contributed by atoms with Crippen LogP contribution in [0.5, 0.6) is 0 Å². The van der Waals surface area contributed by atoms with Gasteiger partial charge in [0.2, 0.25) is 0 Å². The molecule has 0 unspecified atom stereocenters. The van der Waals surface area contributed by atoms with Gasteiger partial charge in [0.15, 0.2) is 5.78 Å². The Morgan fingerprint density at radius 3 is 2.60 bits per heavy atom. The number of ketones is 1. The van der Waals surface area contributed by atoms with Gasteiger partial charge in [-0.3, -0.25) is 9.59 Å². The molecule has 0 saturated heterocycles. The highest BCUT2D eigenvalue weighted by Gasteiger charge is 2.05. The van der Waals surface area contributed by atoms with E-state index in [4.69, 9.17) is 5.41 Å². The highest BCUT2D eigenvalue weighted by atomic mass is 16.5. The van der Waals surface area contributed by atoms with E-state index < -0.39 is 11.8 Å². The van der Waals surface area contributed by atoms with Crippen molar-refractivity contribution in [1.82, 2.24) is 0 Å². The van der Waals surface area contributed by atoms with Crippen LogP contribution in [0.25, 0.3) is 0 Å². The maximum atomic E-state index is 10.5. The van der Waals surface area contributed by atoms with Gasteiger partial charge in [0.25, 0.3) is 0 Å². The number of carbonyl (C=O) groups excluding carboxylic acids is 2. The van der Waals surface area contributed by atoms with Crippen LogP contribution in [0.2, 0.25) is 0 Å². The molecule has 0 aromatic rings. The minimum Gasteiger partial charge on any atom is -0.466 e. The summed E-state index contributed by atoms with van der Waals surface area (Å²) in [6, 6.07) is 0. The summed E-state index contributed by atoms with van der Waals surface area (Å²) < 4.78 is 4.45. The second kappa shape index (κ2) is 4.67. The summed E-state index contributed by atoms with van der Waals surface area (Å²) in [4.78, 5) is 20.8. The van der Waals surface area contributed by atoms with Gasteiger partial charge in [-0.2, -0.15) is 0 Å². The van der Waals surface area contributed by atoms with Gasteiger partial charge in [-0.15, -0.1) is 0 Å². The van der Waals surface area contributed by atoms with E-state index in [1.54, 1.807) is 6.92 Å². The number of ether oxygens (including phenoxy) is 1. The quantitative estimate of drug-likeness (QED) is 0.346. The molecule has 0 fully saturated rings. The van der Waals surface area contributed by atoms with Crippen molar-refractivity contribution in [2.75, 3.05) is 6.61 Å². The molecular formula is C6H9NO3. The van der Waals surface area contributed by atoms with Gasteiger partial charge in [0.05, 0.1) is 12.8 Å². The Morgan fingerprint density at radius 1 is 1.60 bits per heavy atom. The molecule has 4 nitrogen and oxygen atoms in total. The lowest BCUT2D eigenvalue weighted by atomic mass is 10.3. The lowest BCUT2D eigenvalue weighted by Gasteiger charge is -1.96. The molecule has 10 heavy (non-hydrogen) atoms. The molecule has 0 atom stereocenters. The van der Waals surface area contributed by atoms with Crippen LogP contribution < -0.4 is 0 Å². The van der Waals surface area contributed by atoms with E-state index in [1.807, 2.05) is 0 Å². The molecule has 0 aliphatic rings. The number of esters is 1. The number of Topliss-reactive ketones (excluding diaryl/α,β-unsaturated/α-hetero) is 1. The van der Waals surface area contributed by atoms with Crippen molar-refractivity contribution in [3.63, 3.8) is 0 Å². The predicted molar refractivity (Wildman–Crippen MR) is 35.0 cm³/mol. The maximum Gasteiger partial charge on any atom is 0.313 e. The molecule has 0 spiro atoms. The monoisotopic (exact) mass is 143 g/mol. The van der Waals surface area contributed by atoms with Crippen LogP contribution in [0, 0.1) is 5.41 Å². The number of nitrogens with one attached hydrogen (secondary N) is 1. The number of hydrogen-bond acceptors (Lipinski definition) is 4. The molecule has 0 aromatic carbocycles. The Balaban J connectivity index is 3.57. The predicted octanol–water partition coefficient (Wildman–Crippen LogP) is 0.158. The van der Waals surface area contributed by atoms with Gasteiger partial charge in [-0.05, 0) is 6.92 Å². The largest absolute Gasteiger partial charge is 0.466 e. The Hall–Kier alpha value is -1.19. The zero-order valence-corrected chi connectivity index (χ0v) is 5.72. The van der Waals surface area contributed by atoms with Gasteiger partial charge < -0.3 is 10.1 Å². The number of hydrogen-bond donors (Lipinski definition) is 1. The zero-order valence-electron chi connectivity index (χ0n) is 5.72. The summed E-state index contributed by atoms with van der Waals surface area (Å²) in [5.74, 6) is -1.10. The molecule has 0 amide bonds. The van der Waals surface area contributed by atoms with Crippen molar-refractivity contribution in [2.24, 2.45) is 0 Å². The summed E-state index contributed by atoms with van der Waals surface area (Å²) in [5.41, 5.74) is 0. The van der Waals surface area contributed by atoms with Crippen molar-refractivity contribution in [1.29, 1.82) is 5.41 Å². The van der Waals surface area contributed by atoms with Crippen LogP contribution in [-0.4, -0.2) is 24.6 Å². The summed E-state index contributed by atoms with van der Waals surface area (Å²) in [7, 11) is 0. The van der Waals surface area contributed by atoms with E-state index >= 15 is 0 Å². The van der Waals surface area contributed by atoms with Gasteiger partial charge in [-0.25, -0.2) is 0 Å². The molecule has 0 aliphatic heterocycles. The van der Waals surface area contributed by atoms with Crippen molar-refractivity contribution in [2.45, 2.75) is 13.3 Å². The van der Waals surface area contributed by atoms with Crippen molar-refractivity contribution in [3.05, 3.63) is 0 Å². The van der Waals surface area contributed by atoms with Gasteiger partial charge in [0.1, 0.15) is 6.42 Å². The van der Waals surface area contributed by atoms with E-state index in [9.17, 15) is 9.59 Å². The molecule has 0 radical (unpaired) electrons. The summed E-state index contributed by atoms with van der Waals surface area (Å²) in [6.45, 7) is 1.93. The van der Waals surface area contributed by atoms with Crippen molar-refractivity contribution in [3.8, 4) is 0 Å². The summed E-state index contributed by atoms with van der Waals surface area (Å²) in [6.07, 6.45) is 0.286. The second-order valence-electron chi connectivity index (χ2n) is 1.59. The normalized spacial score (nSPS) is 8.50. The van der Waals surface area contributed by atoms with Crippen LogP contribution in [0.1, 0.15) is 13.3 Å². The lowest BCUT2D eigenvalue weighted by Crippen LogP contribution is -2.11. The highest BCUT2D eigenvalue weighted by Crippen LogP contribution is 1.85. The molecule has 0 bridgehead atoms. The molecule has 0 rings (SSSR count). The van der Waals surface area contributed by atoms with E-state index in [1.165, 1.54) is 0 Å². The minimum absolute atomic E-state index is 0.268. The van der Waals surface area contributed by atoms with Gasteiger partial charge >= 0.3 is 5.97 Å². The number of rotatable bonds is 4. The van der Waals surface area contributed by atoms with E-state index in [0.717, 1.165) is 0 Å². The molecule has 0 saturated carbocycles.